The Morgan fingerprint density at radius 3 is 2.66 bits per heavy atom. The number of aromatic nitrogens is 1. The summed E-state index contributed by atoms with van der Waals surface area (Å²) < 4.78 is 6.02. The van der Waals surface area contributed by atoms with Gasteiger partial charge in [-0.15, -0.1) is 0 Å². The van der Waals surface area contributed by atoms with E-state index in [0.29, 0.717) is 25.2 Å². The molecule has 3 aliphatic heterocycles. The van der Waals surface area contributed by atoms with Crippen LogP contribution >= 0.6 is 11.3 Å². The Labute approximate surface area is 175 Å². The van der Waals surface area contributed by atoms with E-state index in [2.05, 4.69) is 10.2 Å². The molecule has 2 bridgehead atoms. The minimum Gasteiger partial charge on any atom is -0.478 e. The van der Waals surface area contributed by atoms with Gasteiger partial charge in [-0.1, -0.05) is 29.5 Å². The van der Waals surface area contributed by atoms with E-state index in [1.807, 2.05) is 49.1 Å². The van der Waals surface area contributed by atoms with Gasteiger partial charge in [0.05, 0.1) is 12.2 Å². The lowest BCUT2D eigenvalue weighted by Gasteiger charge is -2.35. The number of piperazine rings is 1. The Balaban J connectivity index is 1.31. The highest BCUT2D eigenvalue weighted by atomic mass is 32.1. The fourth-order valence-corrected chi connectivity index (χ4v) is 6.03. The van der Waals surface area contributed by atoms with Gasteiger partial charge in [0.15, 0.2) is 10.7 Å². The van der Waals surface area contributed by atoms with Crippen LogP contribution in [0, 0.1) is 0 Å². The number of hydrogen-bond donors (Lipinski definition) is 1. The first kappa shape index (κ1) is 18.9. The van der Waals surface area contributed by atoms with E-state index in [1.165, 1.54) is 23.4 Å². The highest BCUT2D eigenvalue weighted by molar-refractivity contribution is 7.15. The van der Waals surface area contributed by atoms with Crippen molar-refractivity contribution in [3.8, 4) is 5.75 Å². The number of nitrogens with one attached hydrogen (secondary N) is 1. The van der Waals surface area contributed by atoms with Crippen LogP contribution in [0.2, 0.25) is 0 Å². The second-order valence-electron chi connectivity index (χ2n) is 8.72. The molecule has 2 saturated heterocycles. The van der Waals surface area contributed by atoms with Gasteiger partial charge in [-0.25, -0.2) is 4.98 Å². The van der Waals surface area contributed by atoms with Gasteiger partial charge in [0.25, 0.3) is 5.91 Å². The van der Waals surface area contributed by atoms with Crippen LogP contribution < -0.4 is 15.0 Å². The second-order valence-corrected chi connectivity index (χ2v) is 9.78. The quantitative estimate of drug-likeness (QED) is 0.837. The van der Waals surface area contributed by atoms with Gasteiger partial charge in [-0.05, 0) is 38.8 Å². The largest absolute Gasteiger partial charge is 0.478 e. The molecule has 0 radical (unpaired) electrons. The third-order valence-electron chi connectivity index (χ3n) is 6.24. The number of hydrogen-bond acceptors (Lipinski definition) is 6. The summed E-state index contributed by atoms with van der Waals surface area (Å²) in [5, 5.41) is 4.69. The molecule has 7 heteroatoms. The number of ether oxygens (including phenoxy) is 1. The molecule has 3 aliphatic rings. The van der Waals surface area contributed by atoms with Crippen LogP contribution in [0.25, 0.3) is 0 Å². The number of rotatable bonds is 4. The fourth-order valence-electron chi connectivity index (χ4n) is 4.76. The van der Waals surface area contributed by atoms with Crippen LogP contribution in [0.1, 0.15) is 37.3 Å². The van der Waals surface area contributed by atoms with Gasteiger partial charge >= 0.3 is 0 Å². The highest BCUT2D eigenvalue weighted by Gasteiger charge is 2.40. The van der Waals surface area contributed by atoms with Crippen molar-refractivity contribution in [2.24, 2.45) is 0 Å². The Bertz CT molecular complexity index is 881. The first-order valence-electron chi connectivity index (χ1n) is 10.5. The summed E-state index contributed by atoms with van der Waals surface area (Å²) in [6.45, 7) is 7.15. The van der Waals surface area contributed by atoms with E-state index < -0.39 is 5.60 Å². The van der Waals surface area contributed by atoms with Crippen molar-refractivity contribution < 1.29 is 9.53 Å². The maximum atomic E-state index is 13.2. The van der Waals surface area contributed by atoms with Crippen molar-refractivity contribution in [2.45, 2.75) is 57.3 Å². The third-order valence-corrected chi connectivity index (χ3v) is 7.33. The lowest BCUT2D eigenvalue weighted by molar-refractivity contribution is -0.146. The fraction of sp³-hybridized carbons (Fsp3) is 0.545. The normalized spacial score (nSPS) is 23.8. The third kappa shape index (κ3) is 3.51. The zero-order valence-corrected chi connectivity index (χ0v) is 17.9. The molecule has 29 heavy (non-hydrogen) atoms. The van der Waals surface area contributed by atoms with Crippen molar-refractivity contribution in [3.63, 3.8) is 0 Å². The molecule has 0 saturated carbocycles. The number of nitrogens with zero attached hydrogens (tertiary/aromatic N) is 3. The van der Waals surface area contributed by atoms with Gasteiger partial charge in [0, 0.05) is 43.0 Å². The first-order chi connectivity index (χ1) is 14.0. The maximum absolute atomic E-state index is 13.2. The van der Waals surface area contributed by atoms with Crippen LogP contribution in [0.4, 0.5) is 5.13 Å². The monoisotopic (exact) mass is 412 g/mol. The lowest BCUT2D eigenvalue weighted by Crippen LogP contribution is -2.51. The molecule has 2 unspecified atom stereocenters. The molecule has 1 N–H and O–H groups in total. The molecule has 1 aromatic heterocycles. The smallest absolute Gasteiger partial charge is 0.266 e. The summed E-state index contributed by atoms with van der Waals surface area (Å²) in [5.41, 5.74) is 0.276. The predicted molar refractivity (Wildman–Crippen MR) is 115 cm³/mol. The Hall–Kier alpha value is -2.12. The molecule has 1 amide bonds. The number of para-hydroxylation sites is 1. The van der Waals surface area contributed by atoms with Crippen molar-refractivity contribution >= 4 is 22.4 Å². The molecular weight excluding hydrogens is 384 g/mol. The molecule has 1 aromatic carbocycles. The van der Waals surface area contributed by atoms with Gasteiger partial charge in [0.1, 0.15) is 5.75 Å². The maximum Gasteiger partial charge on any atom is 0.266 e. The lowest BCUT2D eigenvalue weighted by atomic mass is 10.1. The van der Waals surface area contributed by atoms with Crippen molar-refractivity contribution in [2.75, 3.05) is 24.5 Å². The number of carbonyl (C=O) groups excluding carboxylic acids is 1. The highest BCUT2D eigenvalue weighted by Crippen LogP contribution is 2.38. The Morgan fingerprint density at radius 2 is 1.93 bits per heavy atom. The summed E-state index contributed by atoms with van der Waals surface area (Å²) in [6, 6.07) is 10.7. The SMILES string of the molecule is CC(C)(Oc1ccccc1)C(=O)N1CCc2nc(N3C4CCC3CNC4)sc2C1. The molecule has 2 fully saturated rings. The van der Waals surface area contributed by atoms with Crippen molar-refractivity contribution in [1.29, 1.82) is 0 Å². The number of amides is 1. The zero-order chi connectivity index (χ0) is 20.0. The number of anilines is 1. The molecule has 0 aliphatic carbocycles. The Kier molecular flexibility index (Phi) is 4.75. The number of fused-ring (bicyclic) bond motifs is 3. The minimum atomic E-state index is -0.899. The summed E-state index contributed by atoms with van der Waals surface area (Å²) in [6.07, 6.45) is 3.31. The van der Waals surface area contributed by atoms with E-state index in [0.717, 1.165) is 30.4 Å². The van der Waals surface area contributed by atoms with Crippen LogP contribution in [0.5, 0.6) is 5.75 Å². The molecule has 2 atom stereocenters. The summed E-state index contributed by atoms with van der Waals surface area (Å²) in [4.78, 5) is 23.9. The van der Waals surface area contributed by atoms with Crippen LogP contribution in [0.3, 0.4) is 0 Å². The summed E-state index contributed by atoms with van der Waals surface area (Å²) in [7, 11) is 0. The predicted octanol–water partition coefficient (Wildman–Crippen LogP) is 2.83. The molecular formula is C22H28N4O2S. The number of thiazole rings is 1. The van der Waals surface area contributed by atoms with Crippen molar-refractivity contribution in [3.05, 3.63) is 40.9 Å². The average molecular weight is 413 g/mol. The zero-order valence-electron chi connectivity index (χ0n) is 17.1. The summed E-state index contributed by atoms with van der Waals surface area (Å²) in [5.74, 6) is 0.752. The van der Waals surface area contributed by atoms with Gasteiger partial charge in [-0.3, -0.25) is 4.79 Å². The van der Waals surface area contributed by atoms with Crippen LogP contribution in [-0.4, -0.2) is 53.1 Å². The number of benzene rings is 1. The van der Waals surface area contributed by atoms with Crippen molar-refractivity contribution in [1.82, 2.24) is 15.2 Å². The Morgan fingerprint density at radius 1 is 1.21 bits per heavy atom. The standard InChI is InChI=1S/C22H28N4O2S/c1-22(2,28-17-6-4-3-5-7-17)20(27)25-11-10-18-19(14-25)29-21(24-18)26-15-8-9-16(26)13-23-12-15/h3-7,15-16,23H,8-14H2,1-2H3. The van der Waals surface area contributed by atoms with Gasteiger partial charge in [0.2, 0.25) is 0 Å². The van der Waals surface area contributed by atoms with E-state index in [-0.39, 0.29) is 5.91 Å². The number of carbonyl (C=O) groups is 1. The first-order valence-corrected chi connectivity index (χ1v) is 11.3. The topological polar surface area (TPSA) is 57.7 Å². The van der Waals surface area contributed by atoms with E-state index in [1.54, 1.807) is 11.3 Å². The van der Waals surface area contributed by atoms with Gasteiger partial charge < -0.3 is 19.9 Å². The van der Waals surface area contributed by atoms with Gasteiger partial charge in [-0.2, -0.15) is 0 Å². The van der Waals surface area contributed by atoms with E-state index >= 15 is 0 Å². The molecule has 4 heterocycles. The molecule has 5 rings (SSSR count). The van der Waals surface area contributed by atoms with E-state index in [4.69, 9.17) is 9.72 Å². The average Bonchev–Trinajstić information content (AvgIpc) is 3.24. The van der Waals surface area contributed by atoms with E-state index in [9.17, 15) is 4.79 Å². The van der Waals surface area contributed by atoms with Crippen LogP contribution in [0.15, 0.2) is 30.3 Å². The molecule has 6 nitrogen and oxygen atoms in total. The molecule has 154 valence electrons. The minimum absolute atomic E-state index is 0.0317. The molecule has 0 spiro atoms. The van der Waals surface area contributed by atoms with Crippen LogP contribution in [-0.2, 0) is 17.8 Å². The second kappa shape index (κ2) is 7.29. The molecule has 2 aromatic rings. The summed E-state index contributed by atoms with van der Waals surface area (Å²) >= 11 is 1.78.